The Hall–Kier alpha value is -3.85. The summed E-state index contributed by atoms with van der Waals surface area (Å²) in [5, 5.41) is 17.8. The summed E-state index contributed by atoms with van der Waals surface area (Å²) < 4.78 is 1.93. The number of carbonyl (C=O) groups is 1. The molecule has 34 heavy (non-hydrogen) atoms. The molecule has 3 aromatic rings. The number of hydrogen-bond donors (Lipinski definition) is 1. The molecule has 2 heterocycles. The van der Waals surface area contributed by atoms with E-state index in [1.54, 1.807) is 6.08 Å². The van der Waals surface area contributed by atoms with E-state index in [4.69, 9.17) is 5.10 Å². The number of rotatable bonds is 7. The molecule has 0 aliphatic carbocycles. The maximum absolute atomic E-state index is 13.3. The number of amides is 1. The second kappa shape index (κ2) is 10.4. The largest absolute Gasteiger partial charge is 0.356 e. The lowest BCUT2D eigenvalue weighted by Crippen LogP contribution is -2.22. The number of aromatic nitrogens is 2. The number of nitriles is 1. The first-order valence-electron chi connectivity index (χ1n) is 12.0. The van der Waals surface area contributed by atoms with E-state index in [1.165, 1.54) is 0 Å². The normalized spacial score (nSPS) is 13.7. The second-order valence-corrected chi connectivity index (χ2v) is 8.55. The number of nitrogens with zero attached hydrogens (tertiary/aromatic N) is 4. The van der Waals surface area contributed by atoms with Gasteiger partial charge in [-0.3, -0.25) is 4.79 Å². The molecule has 1 fully saturated rings. The smallest absolute Gasteiger partial charge is 0.266 e. The van der Waals surface area contributed by atoms with E-state index in [0.717, 1.165) is 78.3 Å². The highest BCUT2D eigenvalue weighted by Gasteiger charge is 2.25. The third-order valence-corrected chi connectivity index (χ3v) is 6.38. The SMILES string of the molecule is CCc1cccc(CC)c1NC(=O)C(C#N)=Cc1c(C)nn(-c2ccccc2)c1N1CCCC1. The average molecular weight is 454 g/mol. The fraction of sp³-hybridized carbons (Fsp3) is 0.321. The van der Waals surface area contributed by atoms with Crippen LogP contribution in [0.5, 0.6) is 0 Å². The van der Waals surface area contributed by atoms with Crippen LogP contribution in [-0.2, 0) is 17.6 Å². The van der Waals surface area contributed by atoms with Gasteiger partial charge in [-0.25, -0.2) is 4.68 Å². The van der Waals surface area contributed by atoms with Crippen LogP contribution in [0.3, 0.4) is 0 Å². The number of benzene rings is 2. The van der Waals surface area contributed by atoms with Crippen molar-refractivity contribution in [3.05, 3.63) is 76.5 Å². The van der Waals surface area contributed by atoms with Crippen LogP contribution in [0.15, 0.2) is 54.1 Å². The van der Waals surface area contributed by atoms with Gasteiger partial charge in [0.25, 0.3) is 5.91 Å². The van der Waals surface area contributed by atoms with Crippen LogP contribution in [0.2, 0.25) is 0 Å². The molecule has 0 radical (unpaired) electrons. The highest BCUT2D eigenvalue weighted by Crippen LogP contribution is 2.32. The van der Waals surface area contributed by atoms with Crippen molar-refractivity contribution in [2.45, 2.75) is 46.5 Å². The molecule has 6 heteroatoms. The van der Waals surface area contributed by atoms with Crippen molar-refractivity contribution in [1.82, 2.24) is 9.78 Å². The summed E-state index contributed by atoms with van der Waals surface area (Å²) in [6, 6.07) is 18.2. The van der Waals surface area contributed by atoms with Gasteiger partial charge in [0, 0.05) is 24.3 Å². The summed E-state index contributed by atoms with van der Waals surface area (Å²) in [7, 11) is 0. The van der Waals surface area contributed by atoms with Gasteiger partial charge in [0.2, 0.25) is 0 Å². The highest BCUT2D eigenvalue weighted by atomic mass is 16.1. The second-order valence-electron chi connectivity index (χ2n) is 8.55. The standard InChI is InChI=1S/C28H31N5O/c1-4-21-12-11-13-22(5-2)26(21)30-27(34)23(19-29)18-25-20(3)31-33(24-14-7-6-8-15-24)28(25)32-16-9-10-17-32/h6-8,11-15,18H,4-5,9-10,16-17H2,1-3H3,(H,30,34). The van der Waals surface area contributed by atoms with Crippen molar-refractivity contribution in [3.8, 4) is 11.8 Å². The van der Waals surface area contributed by atoms with Gasteiger partial charge in [0.15, 0.2) is 0 Å². The van der Waals surface area contributed by atoms with Crippen molar-refractivity contribution in [3.63, 3.8) is 0 Å². The van der Waals surface area contributed by atoms with E-state index >= 15 is 0 Å². The number of anilines is 2. The zero-order chi connectivity index (χ0) is 24.1. The fourth-order valence-electron chi connectivity index (χ4n) is 4.56. The van der Waals surface area contributed by atoms with Gasteiger partial charge in [-0.15, -0.1) is 0 Å². The van der Waals surface area contributed by atoms with Crippen molar-refractivity contribution >= 4 is 23.5 Å². The molecule has 2 aromatic carbocycles. The predicted octanol–water partition coefficient (Wildman–Crippen LogP) is 5.45. The lowest BCUT2D eigenvalue weighted by molar-refractivity contribution is -0.112. The number of aryl methyl sites for hydroxylation is 3. The Morgan fingerprint density at radius 3 is 2.29 bits per heavy atom. The summed E-state index contributed by atoms with van der Waals surface area (Å²) in [5.41, 5.74) is 5.58. The number of carbonyl (C=O) groups excluding carboxylic acids is 1. The van der Waals surface area contributed by atoms with E-state index < -0.39 is 5.91 Å². The van der Waals surface area contributed by atoms with E-state index in [9.17, 15) is 10.1 Å². The van der Waals surface area contributed by atoms with Crippen LogP contribution in [-0.4, -0.2) is 28.8 Å². The molecule has 4 rings (SSSR count). The molecular formula is C28H31N5O. The lowest BCUT2D eigenvalue weighted by atomic mass is 10.0. The molecule has 1 N–H and O–H groups in total. The third kappa shape index (κ3) is 4.60. The van der Waals surface area contributed by atoms with Gasteiger partial charge >= 0.3 is 0 Å². The molecule has 0 bridgehead atoms. The highest BCUT2D eigenvalue weighted by molar-refractivity contribution is 6.10. The number of hydrogen-bond acceptors (Lipinski definition) is 4. The van der Waals surface area contributed by atoms with Crippen LogP contribution >= 0.6 is 0 Å². The monoisotopic (exact) mass is 453 g/mol. The van der Waals surface area contributed by atoms with Crippen molar-refractivity contribution in [2.75, 3.05) is 23.3 Å². The van der Waals surface area contributed by atoms with Crippen LogP contribution < -0.4 is 10.2 Å². The molecule has 0 spiro atoms. The number of nitrogens with one attached hydrogen (secondary N) is 1. The maximum Gasteiger partial charge on any atom is 0.266 e. The van der Waals surface area contributed by atoms with E-state index in [-0.39, 0.29) is 5.57 Å². The molecule has 1 aromatic heterocycles. The molecule has 1 aliphatic rings. The van der Waals surface area contributed by atoms with Crippen molar-refractivity contribution < 1.29 is 4.79 Å². The van der Waals surface area contributed by atoms with Gasteiger partial charge in [0.1, 0.15) is 17.5 Å². The Kier molecular flexibility index (Phi) is 7.12. The predicted molar refractivity (Wildman–Crippen MR) is 137 cm³/mol. The fourth-order valence-corrected chi connectivity index (χ4v) is 4.56. The summed E-state index contributed by atoms with van der Waals surface area (Å²) in [5.74, 6) is 0.544. The van der Waals surface area contributed by atoms with E-state index in [0.29, 0.717) is 0 Å². The van der Waals surface area contributed by atoms with Gasteiger partial charge in [-0.2, -0.15) is 10.4 Å². The number of para-hydroxylation sites is 2. The van der Waals surface area contributed by atoms with Crippen molar-refractivity contribution in [1.29, 1.82) is 5.26 Å². The molecule has 1 aliphatic heterocycles. The summed E-state index contributed by atoms with van der Waals surface area (Å²) in [6.45, 7) is 7.91. The zero-order valence-electron chi connectivity index (χ0n) is 20.1. The van der Waals surface area contributed by atoms with Crippen LogP contribution in [0.4, 0.5) is 11.5 Å². The first kappa shape index (κ1) is 23.3. The van der Waals surface area contributed by atoms with Gasteiger partial charge < -0.3 is 10.2 Å². The van der Waals surface area contributed by atoms with E-state index in [2.05, 4.69) is 30.1 Å². The summed E-state index contributed by atoms with van der Waals surface area (Å²) >= 11 is 0. The minimum Gasteiger partial charge on any atom is -0.356 e. The summed E-state index contributed by atoms with van der Waals surface area (Å²) in [6.07, 6.45) is 5.53. The maximum atomic E-state index is 13.3. The average Bonchev–Trinajstić information content (AvgIpc) is 3.50. The minimum absolute atomic E-state index is 0.0733. The Morgan fingerprint density at radius 2 is 1.71 bits per heavy atom. The quantitative estimate of drug-likeness (QED) is 0.381. The Balaban J connectivity index is 1.76. The van der Waals surface area contributed by atoms with Crippen LogP contribution in [0.1, 0.15) is 49.1 Å². The molecule has 1 amide bonds. The Labute approximate surface area is 201 Å². The van der Waals surface area contributed by atoms with Crippen LogP contribution in [0, 0.1) is 18.3 Å². The third-order valence-electron chi connectivity index (χ3n) is 6.38. The Bertz CT molecular complexity index is 1220. The molecule has 174 valence electrons. The van der Waals surface area contributed by atoms with Gasteiger partial charge in [-0.1, -0.05) is 50.2 Å². The molecule has 0 unspecified atom stereocenters. The van der Waals surface area contributed by atoms with E-state index in [1.807, 2.05) is 60.1 Å². The first-order chi connectivity index (χ1) is 16.6. The minimum atomic E-state index is -0.391. The Morgan fingerprint density at radius 1 is 1.06 bits per heavy atom. The summed E-state index contributed by atoms with van der Waals surface area (Å²) in [4.78, 5) is 15.6. The molecule has 0 atom stereocenters. The van der Waals surface area contributed by atoms with Crippen LogP contribution in [0.25, 0.3) is 11.8 Å². The topological polar surface area (TPSA) is 74.0 Å². The van der Waals surface area contributed by atoms with Gasteiger partial charge in [-0.05, 0) is 61.9 Å². The first-order valence-corrected chi connectivity index (χ1v) is 12.0. The molecule has 6 nitrogen and oxygen atoms in total. The van der Waals surface area contributed by atoms with Gasteiger partial charge in [0.05, 0.1) is 11.4 Å². The zero-order valence-corrected chi connectivity index (χ0v) is 20.1. The molecule has 1 saturated heterocycles. The molecular weight excluding hydrogens is 422 g/mol. The molecule has 0 saturated carbocycles. The van der Waals surface area contributed by atoms with Crippen molar-refractivity contribution in [2.24, 2.45) is 0 Å². The lowest BCUT2D eigenvalue weighted by Gasteiger charge is -2.20.